The van der Waals surface area contributed by atoms with Crippen LogP contribution in [0.5, 0.6) is 0 Å². The Hall–Kier alpha value is -4.26. The van der Waals surface area contributed by atoms with E-state index in [2.05, 4.69) is 80.5 Å². The molecule has 1 aliphatic carbocycles. The van der Waals surface area contributed by atoms with E-state index < -0.39 is 0 Å². The number of anilines is 1. The molecule has 7 rings (SSSR count). The number of hydrogen-bond donors (Lipinski definition) is 1. The summed E-state index contributed by atoms with van der Waals surface area (Å²) in [5.41, 5.74) is 7.28. The first-order valence-corrected chi connectivity index (χ1v) is 13.9. The Labute approximate surface area is 227 Å². The molecule has 2 aromatic carbocycles. The van der Waals surface area contributed by atoms with Crippen LogP contribution in [0.1, 0.15) is 37.3 Å². The fourth-order valence-corrected chi connectivity index (χ4v) is 6.06. The molecule has 1 amide bonds. The lowest BCUT2D eigenvalue weighted by Gasteiger charge is -2.37. The van der Waals surface area contributed by atoms with Gasteiger partial charge in [-0.1, -0.05) is 18.2 Å². The summed E-state index contributed by atoms with van der Waals surface area (Å²) in [6.07, 6.45) is 13.4. The van der Waals surface area contributed by atoms with Crippen LogP contribution in [0, 0.1) is 11.8 Å². The van der Waals surface area contributed by atoms with Gasteiger partial charge < -0.3 is 14.8 Å². The maximum Gasteiger partial charge on any atom is 0.225 e. The average Bonchev–Trinajstić information content (AvgIpc) is 3.78. The molecule has 0 bridgehead atoms. The lowest BCUT2D eigenvalue weighted by molar-refractivity contribution is -0.134. The van der Waals surface area contributed by atoms with Crippen molar-refractivity contribution in [2.45, 2.75) is 31.7 Å². The minimum Gasteiger partial charge on any atom is -0.378 e. The average molecular weight is 517 g/mol. The molecule has 2 aliphatic rings. The first kappa shape index (κ1) is 23.8. The number of aromatic nitrogens is 4. The summed E-state index contributed by atoms with van der Waals surface area (Å²) >= 11 is 0. The monoisotopic (exact) mass is 516 g/mol. The van der Waals surface area contributed by atoms with Crippen molar-refractivity contribution in [3.63, 3.8) is 0 Å². The van der Waals surface area contributed by atoms with Gasteiger partial charge >= 0.3 is 0 Å². The highest BCUT2D eigenvalue weighted by atomic mass is 16.2. The lowest BCUT2D eigenvalue weighted by atomic mass is 9.85. The first-order chi connectivity index (χ1) is 19.1. The number of hydrogen-bond acceptors (Lipinski definition) is 5. The quantitative estimate of drug-likeness (QED) is 0.300. The summed E-state index contributed by atoms with van der Waals surface area (Å²) in [7, 11) is 2.07. The van der Waals surface area contributed by atoms with Crippen LogP contribution >= 0.6 is 0 Å². The highest BCUT2D eigenvalue weighted by Crippen LogP contribution is 2.38. The number of carbonyl (C=O) groups is 1. The van der Waals surface area contributed by atoms with Crippen LogP contribution in [0.4, 0.5) is 5.69 Å². The summed E-state index contributed by atoms with van der Waals surface area (Å²) < 4.78 is 2.15. The van der Waals surface area contributed by atoms with E-state index in [1.54, 1.807) is 12.4 Å². The molecule has 1 unspecified atom stereocenters. The van der Waals surface area contributed by atoms with E-state index in [9.17, 15) is 4.79 Å². The highest BCUT2D eigenvalue weighted by molar-refractivity contribution is 5.97. The molecular weight excluding hydrogens is 484 g/mol. The predicted octanol–water partition coefficient (Wildman–Crippen LogP) is 5.99. The molecule has 0 radical (unpaired) electrons. The van der Waals surface area contributed by atoms with E-state index in [0.717, 1.165) is 72.2 Å². The predicted molar refractivity (Wildman–Crippen MR) is 154 cm³/mol. The number of pyridine rings is 1. The molecule has 1 atom stereocenters. The summed E-state index contributed by atoms with van der Waals surface area (Å²) in [6.45, 7) is 1.65. The smallest absolute Gasteiger partial charge is 0.225 e. The minimum absolute atomic E-state index is 0.0780. The zero-order chi connectivity index (χ0) is 26.3. The third-order valence-corrected chi connectivity index (χ3v) is 8.39. The van der Waals surface area contributed by atoms with Gasteiger partial charge in [0, 0.05) is 73.8 Å². The molecule has 7 nitrogen and oxygen atoms in total. The van der Waals surface area contributed by atoms with E-state index in [0.29, 0.717) is 11.8 Å². The number of nitrogens with zero attached hydrogens (tertiary/aromatic N) is 5. The molecule has 5 aromatic rings. The van der Waals surface area contributed by atoms with Crippen LogP contribution in [-0.2, 0) is 11.8 Å². The molecule has 1 saturated heterocycles. The van der Waals surface area contributed by atoms with Gasteiger partial charge in [0.05, 0.1) is 17.1 Å². The number of fused-ring (bicyclic) bond motifs is 2. The first-order valence-electron chi connectivity index (χ1n) is 13.9. The third kappa shape index (κ3) is 4.62. The number of amides is 1. The van der Waals surface area contributed by atoms with Crippen molar-refractivity contribution in [3.8, 4) is 11.1 Å². The van der Waals surface area contributed by atoms with Crippen LogP contribution in [0.25, 0.3) is 33.1 Å². The van der Waals surface area contributed by atoms with E-state index >= 15 is 0 Å². The Morgan fingerprint density at radius 2 is 1.82 bits per heavy atom. The van der Waals surface area contributed by atoms with Gasteiger partial charge in [0.25, 0.3) is 0 Å². The van der Waals surface area contributed by atoms with Crippen LogP contribution in [0.3, 0.4) is 0 Å². The largest absolute Gasteiger partial charge is 0.378 e. The second-order valence-corrected chi connectivity index (χ2v) is 11.0. The van der Waals surface area contributed by atoms with Crippen molar-refractivity contribution < 1.29 is 4.79 Å². The molecule has 1 N–H and O–H groups in total. The zero-order valence-corrected chi connectivity index (χ0v) is 22.1. The molecule has 2 fully saturated rings. The summed E-state index contributed by atoms with van der Waals surface area (Å²) in [6, 6.07) is 17.2. The fourth-order valence-electron chi connectivity index (χ4n) is 6.06. The van der Waals surface area contributed by atoms with E-state index in [-0.39, 0.29) is 12.0 Å². The highest BCUT2D eigenvalue weighted by Gasteiger charge is 2.36. The normalized spacial score (nSPS) is 17.0. The van der Waals surface area contributed by atoms with E-state index in [1.807, 2.05) is 18.5 Å². The summed E-state index contributed by atoms with van der Waals surface area (Å²) in [5.74, 6) is 1.02. The van der Waals surface area contributed by atoms with Gasteiger partial charge in [-0.2, -0.15) is 0 Å². The number of likely N-dealkylation sites (tertiary alicyclic amines) is 1. The molecule has 1 saturated carbocycles. The Morgan fingerprint density at radius 3 is 2.62 bits per heavy atom. The SMILES string of the molecule is Cn1ccc2ccc(-c3cc(NC(c4cccnc4)C4CCN(C(=O)C5CC5)CC4)cc4nccnc34)cc21. The van der Waals surface area contributed by atoms with Crippen molar-refractivity contribution in [2.24, 2.45) is 18.9 Å². The molecule has 3 aromatic heterocycles. The van der Waals surface area contributed by atoms with Gasteiger partial charge in [-0.15, -0.1) is 0 Å². The Balaban J connectivity index is 1.24. The van der Waals surface area contributed by atoms with Crippen LogP contribution in [0.2, 0.25) is 0 Å². The Bertz CT molecular complexity index is 1650. The number of rotatable bonds is 6. The molecule has 7 heteroatoms. The number of piperidine rings is 1. The number of aryl methyl sites for hydroxylation is 1. The molecule has 1 aliphatic heterocycles. The van der Waals surface area contributed by atoms with Gasteiger partial charge in [0.15, 0.2) is 0 Å². The van der Waals surface area contributed by atoms with Crippen LogP contribution in [-0.4, -0.2) is 43.4 Å². The van der Waals surface area contributed by atoms with Gasteiger partial charge in [-0.3, -0.25) is 19.7 Å². The molecule has 196 valence electrons. The number of carbonyl (C=O) groups excluding carboxylic acids is 1. The van der Waals surface area contributed by atoms with Crippen LogP contribution in [0.15, 0.2) is 79.5 Å². The van der Waals surface area contributed by atoms with Gasteiger partial charge in [0.1, 0.15) is 0 Å². The van der Waals surface area contributed by atoms with Crippen molar-refractivity contribution in [2.75, 3.05) is 18.4 Å². The van der Waals surface area contributed by atoms with Crippen molar-refractivity contribution in [1.29, 1.82) is 0 Å². The van der Waals surface area contributed by atoms with E-state index in [4.69, 9.17) is 4.98 Å². The molecule has 0 spiro atoms. The zero-order valence-electron chi connectivity index (χ0n) is 22.1. The van der Waals surface area contributed by atoms with Crippen LogP contribution < -0.4 is 5.32 Å². The van der Waals surface area contributed by atoms with Crippen molar-refractivity contribution >= 4 is 33.5 Å². The van der Waals surface area contributed by atoms with Gasteiger partial charge in [-0.25, -0.2) is 0 Å². The van der Waals surface area contributed by atoms with Gasteiger partial charge in [0.2, 0.25) is 5.91 Å². The standard InChI is InChI=1S/C32H32N6O/c1-37-14-8-21-4-7-24(17-29(21)37)27-18-26(19-28-31(27)35-13-12-34-28)36-30(25-3-2-11-33-20-25)22-9-15-38(16-10-22)32(39)23-5-6-23/h2-4,7-8,11-14,17-20,22-23,30,36H,5-6,9-10,15-16H2,1H3. The third-order valence-electron chi connectivity index (χ3n) is 8.39. The van der Waals surface area contributed by atoms with Crippen molar-refractivity contribution in [1.82, 2.24) is 24.4 Å². The number of benzene rings is 2. The fraction of sp³-hybridized carbons (Fsp3) is 0.312. The Morgan fingerprint density at radius 1 is 0.974 bits per heavy atom. The molecular formula is C32H32N6O. The van der Waals surface area contributed by atoms with Gasteiger partial charge in [-0.05, 0) is 78.4 Å². The summed E-state index contributed by atoms with van der Waals surface area (Å²) in [4.78, 5) is 28.6. The maximum absolute atomic E-state index is 12.7. The lowest BCUT2D eigenvalue weighted by Crippen LogP contribution is -2.41. The topological polar surface area (TPSA) is 75.9 Å². The Kier molecular flexibility index (Phi) is 5.99. The molecule has 39 heavy (non-hydrogen) atoms. The summed E-state index contributed by atoms with van der Waals surface area (Å²) in [5, 5.41) is 5.09. The second-order valence-electron chi connectivity index (χ2n) is 11.0. The minimum atomic E-state index is 0.0780. The van der Waals surface area contributed by atoms with E-state index in [1.165, 1.54) is 10.9 Å². The molecule has 4 heterocycles. The maximum atomic E-state index is 12.7. The van der Waals surface area contributed by atoms with Crippen molar-refractivity contribution in [3.05, 3.63) is 85.1 Å². The second kappa shape index (κ2) is 9.80. The number of nitrogens with one attached hydrogen (secondary N) is 1.